The molecule has 4 saturated carbocycles. The number of ether oxygens (including phenoxy) is 1. The highest BCUT2D eigenvalue weighted by molar-refractivity contribution is 7.15. The third-order valence-corrected chi connectivity index (χ3v) is 11.6. The normalized spacial score (nSPS) is 26.4. The van der Waals surface area contributed by atoms with Gasteiger partial charge in [0.1, 0.15) is 16.6 Å². The number of benzene rings is 2. The lowest BCUT2D eigenvalue weighted by Crippen LogP contribution is -2.49. The van der Waals surface area contributed by atoms with Crippen LogP contribution >= 0.6 is 22.9 Å². The highest BCUT2D eigenvalue weighted by atomic mass is 35.5. The number of aryl methyl sites for hydroxylation is 1. The summed E-state index contributed by atoms with van der Waals surface area (Å²) in [4.78, 5) is 20.0. The number of hydrogen-bond acceptors (Lipinski definition) is 6. The average molecular weight is 627 g/mol. The summed E-state index contributed by atoms with van der Waals surface area (Å²) in [7, 11) is 1.62. The molecule has 1 atom stereocenters. The van der Waals surface area contributed by atoms with Crippen molar-refractivity contribution in [1.29, 1.82) is 0 Å². The lowest BCUT2D eigenvalue weighted by atomic mass is 9.49. The van der Waals surface area contributed by atoms with E-state index in [2.05, 4.69) is 28.2 Å². The minimum absolute atomic E-state index is 0.00155. The van der Waals surface area contributed by atoms with E-state index in [0.29, 0.717) is 16.5 Å². The molecule has 0 saturated heterocycles. The van der Waals surface area contributed by atoms with Gasteiger partial charge in [-0.2, -0.15) is 0 Å². The number of carbonyl (C=O) groups is 1. The van der Waals surface area contributed by atoms with Crippen molar-refractivity contribution in [3.05, 3.63) is 87.3 Å². The second-order valence-corrected chi connectivity index (χ2v) is 14.4. The van der Waals surface area contributed by atoms with Gasteiger partial charge in [0, 0.05) is 32.1 Å². The number of methoxy groups -OCH3 is 1. The molecule has 4 bridgehead atoms. The maximum Gasteiger partial charge on any atom is 0.321 e. The van der Waals surface area contributed by atoms with Crippen LogP contribution < -0.4 is 15.4 Å². The molecule has 4 aliphatic carbocycles. The van der Waals surface area contributed by atoms with Crippen LogP contribution in [0.3, 0.4) is 0 Å². The van der Waals surface area contributed by atoms with Gasteiger partial charge in [-0.25, -0.2) is 4.79 Å². The largest absolute Gasteiger partial charge is 0.497 e. The topological polar surface area (TPSA) is 93.4 Å². The van der Waals surface area contributed by atoms with Crippen molar-refractivity contribution in [1.82, 2.24) is 20.1 Å². The average Bonchev–Trinajstić information content (AvgIpc) is 3.62. The minimum Gasteiger partial charge on any atom is -0.497 e. The summed E-state index contributed by atoms with van der Waals surface area (Å²) in [5, 5.41) is 17.6. The quantitative estimate of drug-likeness (QED) is 0.229. The second kappa shape index (κ2) is 10.7. The first-order valence-corrected chi connectivity index (χ1v) is 16.8. The Morgan fingerprint density at radius 1 is 1.02 bits per heavy atom. The molecule has 9 rings (SSSR count). The SMILES string of the molecule is CCc1cc2c(s1)-n1c(nnc1C13CC4CC(CC(C4)C1)C3)C(NC(=O)Nc1ccc(OC)cc1)N=C2c1ccccc1Cl. The van der Waals surface area contributed by atoms with Gasteiger partial charge in [0.15, 0.2) is 12.0 Å². The number of amides is 2. The number of rotatable bonds is 6. The first kappa shape index (κ1) is 27.8. The van der Waals surface area contributed by atoms with Crippen LogP contribution in [0.5, 0.6) is 5.75 Å². The number of halogens is 1. The summed E-state index contributed by atoms with van der Waals surface area (Å²) in [5.41, 5.74) is 3.23. The lowest BCUT2D eigenvalue weighted by molar-refractivity contribution is -0.0102. The van der Waals surface area contributed by atoms with E-state index in [0.717, 1.165) is 76.9 Å². The molecule has 10 heteroatoms. The molecular formula is C34H35ClN6O2S. The highest BCUT2D eigenvalue weighted by Gasteiger charge is 2.54. The van der Waals surface area contributed by atoms with Crippen LogP contribution in [0.15, 0.2) is 59.6 Å². The number of thiophene rings is 1. The van der Waals surface area contributed by atoms with Gasteiger partial charge in [0.25, 0.3) is 0 Å². The zero-order valence-electron chi connectivity index (χ0n) is 24.8. The van der Waals surface area contributed by atoms with E-state index in [1.807, 2.05) is 36.4 Å². The fourth-order valence-corrected chi connectivity index (χ4v) is 9.86. The van der Waals surface area contributed by atoms with E-state index >= 15 is 0 Å². The summed E-state index contributed by atoms with van der Waals surface area (Å²) < 4.78 is 7.53. The molecule has 1 unspecified atom stereocenters. The summed E-state index contributed by atoms with van der Waals surface area (Å²) in [6.45, 7) is 2.18. The molecule has 3 heterocycles. The van der Waals surface area contributed by atoms with Crippen LogP contribution in [0.25, 0.3) is 5.00 Å². The van der Waals surface area contributed by atoms with Crippen LogP contribution in [0.4, 0.5) is 10.5 Å². The molecule has 2 aromatic heterocycles. The van der Waals surface area contributed by atoms with Gasteiger partial charge >= 0.3 is 6.03 Å². The summed E-state index contributed by atoms with van der Waals surface area (Å²) >= 11 is 8.57. The monoisotopic (exact) mass is 626 g/mol. The molecule has 0 spiro atoms. The summed E-state index contributed by atoms with van der Waals surface area (Å²) in [5.74, 6) is 4.66. The van der Waals surface area contributed by atoms with Gasteiger partial charge in [0.2, 0.25) is 0 Å². The molecule has 226 valence electrons. The van der Waals surface area contributed by atoms with E-state index in [1.165, 1.54) is 24.1 Å². The number of fused-ring (bicyclic) bond motifs is 3. The van der Waals surface area contributed by atoms with Crippen molar-refractivity contribution in [3.8, 4) is 10.8 Å². The Labute approximate surface area is 265 Å². The number of carbonyl (C=O) groups excluding carboxylic acids is 1. The van der Waals surface area contributed by atoms with Crippen LogP contribution in [0.1, 0.15) is 79.3 Å². The predicted octanol–water partition coefficient (Wildman–Crippen LogP) is 7.69. The molecule has 0 radical (unpaired) electrons. The molecule has 4 aromatic rings. The van der Waals surface area contributed by atoms with Crippen LogP contribution in [0.2, 0.25) is 5.02 Å². The zero-order chi connectivity index (χ0) is 30.0. The Morgan fingerprint density at radius 3 is 2.39 bits per heavy atom. The Morgan fingerprint density at radius 2 is 1.73 bits per heavy atom. The lowest BCUT2D eigenvalue weighted by Gasteiger charge is -2.56. The smallest absolute Gasteiger partial charge is 0.321 e. The minimum atomic E-state index is -0.778. The van der Waals surface area contributed by atoms with E-state index in [-0.39, 0.29) is 11.4 Å². The molecule has 2 amide bonds. The highest BCUT2D eigenvalue weighted by Crippen LogP contribution is 2.61. The third kappa shape index (κ3) is 4.63. The van der Waals surface area contributed by atoms with Crippen molar-refractivity contribution < 1.29 is 9.53 Å². The third-order valence-electron chi connectivity index (χ3n) is 10.0. The first-order chi connectivity index (χ1) is 21.4. The Hall–Kier alpha value is -3.69. The fraction of sp³-hybridized carbons (Fsp3) is 0.412. The van der Waals surface area contributed by atoms with Crippen LogP contribution in [-0.2, 0) is 11.8 Å². The molecule has 5 aliphatic rings. The number of hydrogen-bond donors (Lipinski definition) is 2. The van der Waals surface area contributed by atoms with Crippen molar-refractivity contribution >= 4 is 40.4 Å². The van der Waals surface area contributed by atoms with Gasteiger partial charge in [-0.3, -0.25) is 9.56 Å². The summed E-state index contributed by atoms with van der Waals surface area (Å²) in [6.07, 6.45) is 7.65. The number of nitrogens with zero attached hydrogens (tertiary/aromatic N) is 4. The van der Waals surface area contributed by atoms with Crippen LogP contribution in [0, 0.1) is 17.8 Å². The number of urea groups is 1. The van der Waals surface area contributed by atoms with Gasteiger partial charge < -0.3 is 15.4 Å². The first-order valence-electron chi connectivity index (χ1n) is 15.6. The number of aliphatic imine (C=N–C) groups is 1. The molecule has 2 aromatic carbocycles. The van der Waals surface area contributed by atoms with Crippen molar-refractivity contribution in [2.24, 2.45) is 22.7 Å². The van der Waals surface area contributed by atoms with Crippen molar-refractivity contribution in [2.45, 2.75) is 63.5 Å². The second-order valence-electron chi connectivity index (χ2n) is 12.9. The summed E-state index contributed by atoms with van der Waals surface area (Å²) in [6, 6.07) is 16.9. The Bertz CT molecular complexity index is 1740. The van der Waals surface area contributed by atoms with Gasteiger partial charge in [-0.1, -0.05) is 36.7 Å². The maximum absolute atomic E-state index is 13.5. The van der Waals surface area contributed by atoms with E-state index < -0.39 is 6.17 Å². The Kier molecular flexibility index (Phi) is 6.79. The molecular weight excluding hydrogens is 592 g/mol. The fourth-order valence-electron chi connectivity index (χ4n) is 8.53. The molecule has 2 N–H and O–H groups in total. The van der Waals surface area contributed by atoms with Gasteiger partial charge in [-0.05, 0) is 99.1 Å². The molecule has 44 heavy (non-hydrogen) atoms. The molecule has 8 nitrogen and oxygen atoms in total. The number of aromatic nitrogens is 3. The standard InChI is InChI=1S/C34H35ClN6O2S/c1-3-24-15-26-28(25-6-4-5-7-27(25)35)37-29(38-33(42)36-22-8-10-23(43-2)11-9-22)30-39-40-32(41(30)31(26)44-24)34-16-19-12-20(17-34)14-21(13-19)18-34/h4-11,15,19-21,29H,3,12-14,16-18H2,1-2H3,(H2,36,38,42). The van der Waals surface area contributed by atoms with E-state index in [4.69, 9.17) is 31.5 Å². The van der Waals surface area contributed by atoms with Crippen LogP contribution in [-0.4, -0.2) is 33.6 Å². The Balaban J connectivity index is 1.26. The predicted molar refractivity (Wildman–Crippen MR) is 173 cm³/mol. The zero-order valence-corrected chi connectivity index (χ0v) is 26.4. The molecule has 1 aliphatic heterocycles. The van der Waals surface area contributed by atoms with Crippen molar-refractivity contribution in [3.63, 3.8) is 0 Å². The maximum atomic E-state index is 13.5. The van der Waals surface area contributed by atoms with E-state index in [9.17, 15) is 4.79 Å². The number of nitrogens with one attached hydrogen (secondary N) is 2. The van der Waals surface area contributed by atoms with Gasteiger partial charge in [0.05, 0.1) is 12.8 Å². The molecule has 4 fully saturated rings. The number of anilines is 1. The van der Waals surface area contributed by atoms with Crippen molar-refractivity contribution in [2.75, 3.05) is 12.4 Å². The van der Waals surface area contributed by atoms with E-state index in [1.54, 1.807) is 30.6 Å². The van der Waals surface area contributed by atoms with Gasteiger partial charge in [-0.15, -0.1) is 21.5 Å².